The lowest BCUT2D eigenvalue weighted by Crippen LogP contribution is -2.08. The molecule has 5 heteroatoms. The summed E-state index contributed by atoms with van der Waals surface area (Å²) in [5.74, 6) is 0.839. The van der Waals surface area contributed by atoms with Crippen molar-refractivity contribution >= 4 is 40.5 Å². The first-order chi connectivity index (χ1) is 9.92. The van der Waals surface area contributed by atoms with E-state index >= 15 is 0 Å². The molecule has 1 unspecified atom stereocenters. The predicted molar refractivity (Wildman–Crippen MR) is 91.2 cm³/mol. The normalized spacial score (nSPS) is 12.1. The zero-order valence-electron chi connectivity index (χ0n) is 12.0. The molecule has 0 aliphatic heterocycles. The van der Waals surface area contributed by atoms with Crippen LogP contribution in [0.5, 0.6) is 5.75 Å². The molecule has 0 fully saturated rings. The van der Waals surface area contributed by atoms with Crippen LogP contribution >= 0.6 is 34.8 Å². The summed E-state index contributed by atoms with van der Waals surface area (Å²) in [6.07, 6.45) is 0. The molecule has 0 heterocycles. The topological polar surface area (TPSA) is 21.3 Å². The maximum atomic E-state index is 6.20. The average molecular weight is 345 g/mol. The van der Waals surface area contributed by atoms with E-state index in [9.17, 15) is 0 Å². The summed E-state index contributed by atoms with van der Waals surface area (Å²) in [5, 5.41) is 4.77. The third-order valence-corrected chi connectivity index (χ3v) is 4.27. The second-order valence-electron chi connectivity index (χ2n) is 4.86. The van der Waals surface area contributed by atoms with E-state index in [0.29, 0.717) is 15.1 Å². The molecule has 0 spiro atoms. The highest BCUT2D eigenvalue weighted by Crippen LogP contribution is 2.35. The van der Waals surface area contributed by atoms with Crippen molar-refractivity contribution in [3.63, 3.8) is 0 Å². The molecular weight excluding hydrogens is 329 g/mol. The van der Waals surface area contributed by atoms with Crippen LogP contribution in [0.15, 0.2) is 30.3 Å². The van der Waals surface area contributed by atoms with E-state index in [2.05, 4.69) is 5.32 Å². The number of aryl methyl sites for hydroxylation is 1. The van der Waals surface area contributed by atoms with E-state index in [-0.39, 0.29) is 6.04 Å². The Labute approximate surface area is 140 Å². The SMILES string of the molecule is COc1cc(C)ccc1C(C)Nc1cc(Cl)c(Cl)cc1Cl. The number of halogens is 3. The molecule has 1 N–H and O–H groups in total. The minimum Gasteiger partial charge on any atom is -0.496 e. The Morgan fingerprint density at radius 2 is 1.67 bits per heavy atom. The van der Waals surface area contributed by atoms with Gasteiger partial charge in [0.1, 0.15) is 5.75 Å². The number of hydrogen-bond acceptors (Lipinski definition) is 2. The van der Waals surface area contributed by atoms with Crippen molar-refractivity contribution in [1.82, 2.24) is 0 Å². The van der Waals surface area contributed by atoms with Crippen LogP contribution in [-0.2, 0) is 0 Å². The largest absolute Gasteiger partial charge is 0.496 e. The van der Waals surface area contributed by atoms with Gasteiger partial charge in [0.2, 0.25) is 0 Å². The molecule has 0 aliphatic rings. The molecule has 0 saturated carbocycles. The second-order valence-corrected chi connectivity index (χ2v) is 6.08. The van der Waals surface area contributed by atoms with Crippen molar-refractivity contribution in [1.29, 1.82) is 0 Å². The lowest BCUT2D eigenvalue weighted by Gasteiger charge is -2.20. The number of methoxy groups -OCH3 is 1. The van der Waals surface area contributed by atoms with E-state index in [4.69, 9.17) is 39.5 Å². The van der Waals surface area contributed by atoms with Crippen molar-refractivity contribution in [2.45, 2.75) is 19.9 Å². The number of anilines is 1. The molecule has 2 rings (SSSR count). The highest BCUT2D eigenvalue weighted by Gasteiger charge is 2.14. The highest BCUT2D eigenvalue weighted by atomic mass is 35.5. The smallest absolute Gasteiger partial charge is 0.124 e. The Morgan fingerprint density at radius 1 is 1.00 bits per heavy atom. The van der Waals surface area contributed by atoms with Crippen LogP contribution in [0, 0.1) is 6.92 Å². The van der Waals surface area contributed by atoms with Gasteiger partial charge < -0.3 is 10.1 Å². The van der Waals surface area contributed by atoms with Gasteiger partial charge in [-0.25, -0.2) is 0 Å². The molecule has 2 aromatic carbocycles. The number of rotatable bonds is 4. The van der Waals surface area contributed by atoms with Gasteiger partial charge in [-0.1, -0.05) is 46.9 Å². The Hall–Kier alpha value is -1.09. The van der Waals surface area contributed by atoms with Gasteiger partial charge in [-0.2, -0.15) is 0 Å². The Balaban J connectivity index is 2.30. The van der Waals surface area contributed by atoms with Gasteiger partial charge in [-0.05, 0) is 37.6 Å². The summed E-state index contributed by atoms with van der Waals surface area (Å²) in [6, 6.07) is 9.46. The van der Waals surface area contributed by atoms with Crippen molar-refractivity contribution < 1.29 is 4.74 Å². The third-order valence-electron chi connectivity index (χ3n) is 3.24. The molecule has 21 heavy (non-hydrogen) atoms. The van der Waals surface area contributed by atoms with Crippen LogP contribution in [0.25, 0.3) is 0 Å². The first-order valence-electron chi connectivity index (χ1n) is 6.48. The first kappa shape index (κ1) is 16.3. The van der Waals surface area contributed by atoms with E-state index in [1.54, 1.807) is 19.2 Å². The molecular formula is C16H16Cl3NO. The molecule has 2 aromatic rings. The van der Waals surface area contributed by atoms with Gasteiger partial charge in [0.15, 0.2) is 0 Å². The summed E-state index contributed by atoms with van der Waals surface area (Å²) in [6.45, 7) is 4.06. The summed E-state index contributed by atoms with van der Waals surface area (Å²) in [5.41, 5.74) is 2.93. The van der Waals surface area contributed by atoms with Crippen molar-refractivity contribution in [2.24, 2.45) is 0 Å². The fourth-order valence-electron chi connectivity index (χ4n) is 2.12. The molecule has 0 bridgehead atoms. The van der Waals surface area contributed by atoms with E-state index in [0.717, 1.165) is 22.6 Å². The standard InChI is InChI=1S/C16H16Cl3NO/c1-9-4-5-11(16(6-9)21-3)10(2)20-15-8-13(18)12(17)7-14(15)19/h4-8,10,20H,1-3H3. The fraction of sp³-hybridized carbons (Fsp3) is 0.250. The maximum absolute atomic E-state index is 6.20. The van der Waals surface area contributed by atoms with Gasteiger partial charge >= 0.3 is 0 Å². The Morgan fingerprint density at radius 3 is 2.33 bits per heavy atom. The summed E-state index contributed by atoms with van der Waals surface area (Å²) in [7, 11) is 1.66. The van der Waals surface area contributed by atoms with Gasteiger partial charge in [-0.3, -0.25) is 0 Å². The molecule has 0 aromatic heterocycles. The maximum Gasteiger partial charge on any atom is 0.124 e. The number of hydrogen-bond donors (Lipinski definition) is 1. The minimum atomic E-state index is 0.00953. The van der Waals surface area contributed by atoms with Gasteiger partial charge in [-0.15, -0.1) is 0 Å². The Bertz CT molecular complexity index is 658. The van der Waals surface area contributed by atoms with Gasteiger partial charge in [0.05, 0.1) is 33.9 Å². The zero-order chi connectivity index (χ0) is 15.6. The Kier molecular flexibility index (Phi) is 5.26. The fourth-order valence-corrected chi connectivity index (χ4v) is 2.72. The summed E-state index contributed by atoms with van der Waals surface area (Å²) < 4.78 is 5.44. The minimum absolute atomic E-state index is 0.00953. The van der Waals surface area contributed by atoms with Crippen LogP contribution in [0.4, 0.5) is 5.69 Å². The van der Waals surface area contributed by atoms with Crippen LogP contribution in [-0.4, -0.2) is 7.11 Å². The monoisotopic (exact) mass is 343 g/mol. The zero-order valence-corrected chi connectivity index (χ0v) is 14.3. The summed E-state index contributed by atoms with van der Waals surface area (Å²) in [4.78, 5) is 0. The average Bonchev–Trinajstić information content (AvgIpc) is 2.44. The third kappa shape index (κ3) is 3.76. The van der Waals surface area contributed by atoms with Crippen molar-refractivity contribution in [3.05, 3.63) is 56.5 Å². The predicted octanol–water partition coefficient (Wildman–Crippen LogP) is 6.14. The molecule has 0 aliphatic carbocycles. The molecule has 0 saturated heterocycles. The first-order valence-corrected chi connectivity index (χ1v) is 7.61. The van der Waals surface area contributed by atoms with Crippen LogP contribution < -0.4 is 10.1 Å². The van der Waals surface area contributed by atoms with E-state index in [1.165, 1.54) is 0 Å². The molecule has 2 nitrogen and oxygen atoms in total. The lowest BCUT2D eigenvalue weighted by molar-refractivity contribution is 0.407. The van der Waals surface area contributed by atoms with Crippen LogP contribution in [0.1, 0.15) is 24.1 Å². The van der Waals surface area contributed by atoms with E-state index in [1.807, 2.05) is 32.0 Å². The number of ether oxygens (including phenoxy) is 1. The van der Waals surface area contributed by atoms with Crippen molar-refractivity contribution in [3.8, 4) is 5.75 Å². The number of nitrogens with one attached hydrogen (secondary N) is 1. The molecule has 1 atom stereocenters. The lowest BCUT2D eigenvalue weighted by atomic mass is 10.0. The van der Waals surface area contributed by atoms with E-state index < -0.39 is 0 Å². The van der Waals surface area contributed by atoms with Gasteiger partial charge in [0, 0.05) is 5.56 Å². The molecule has 0 radical (unpaired) electrons. The highest BCUT2D eigenvalue weighted by molar-refractivity contribution is 6.44. The van der Waals surface area contributed by atoms with Crippen LogP contribution in [0.2, 0.25) is 15.1 Å². The molecule has 112 valence electrons. The number of benzene rings is 2. The van der Waals surface area contributed by atoms with Crippen LogP contribution in [0.3, 0.4) is 0 Å². The van der Waals surface area contributed by atoms with Crippen molar-refractivity contribution in [2.75, 3.05) is 12.4 Å². The van der Waals surface area contributed by atoms with Gasteiger partial charge in [0.25, 0.3) is 0 Å². The molecule has 0 amide bonds. The second kappa shape index (κ2) is 6.78. The quantitative estimate of drug-likeness (QED) is 0.673. The summed E-state index contributed by atoms with van der Waals surface area (Å²) >= 11 is 18.2.